The molecule has 29 heavy (non-hydrogen) atoms. The normalized spacial score (nSPS) is 12.4. The van der Waals surface area contributed by atoms with E-state index >= 15 is 0 Å². The Labute approximate surface area is 167 Å². The number of aliphatic hydroxyl groups excluding tert-OH is 1. The van der Waals surface area contributed by atoms with Crippen LogP contribution in [-0.4, -0.2) is 16.9 Å². The highest BCUT2D eigenvalue weighted by Crippen LogP contribution is 2.31. The summed E-state index contributed by atoms with van der Waals surface area (Å²) in [6.07, 6.45) is -4.06. The largest absolute Gasteiger partial charge is 0.466 e. The van der Waals surface area contributed by atoms with Gasteiger partial charge in [0, 0.05) is 15.4 Å². The number of hydrogen-bond donors (Lipinski definition) is 3. The van der Waals surface area contributed by atoms with E-state index in [1.54, 1.807) is 24.3 Å². The molecule has 0 bridgehead atoms. The molecular formula is C19H15F3N2O4S. The highest BCUT2D eigenvalue weighted by Gasteiger charge is 2.30. The van der Waals surface area contributed by atoms with Crippen LogP contribution in [-0.2, 0) is 22.3 Å². The van der Waals surface area contributed by atoms with E-state index in [0.717, 1.165) is 18.2 Å². The Kier molecular flexibility index (Phi) is 6.04. The third-order valence-corrected chi connectivity index (χ3v) is 4.98. The molecule has 0 saturated carbocycles. The fraction of sp³-hybridized carbons (Fsp3) is 0.158. The first kappa shape index (κ1) is 20.6. The van der Waals surface area contributed by atoms with E-state index in [0.29, 0.717) is 15.5 Å². The molecule has 10 heteroatoms. The molecule has 0 radical (unpaired) electrons. The highest BCUT2D eigenvalue weighted by molar-refractivity contribution is 7.12. The van der Waals surface area contributed by atoms with Gasteiger partial charge >= 0.3 is 18.0 Å². The number of alkyl halides is 3. The second-order valence-electron chi connectivity index (χ2n) is 5.94. The first-order valence-corrected chi connectivity index (χ1v) is 9.12. The molecule has 0 aliphatic carbocycles. The summed E-state index contributed by atoms with van der Waals surface area (Å²) in [6.45, 7) is 0.0182. The molecule has 2 heterocycles. The highest BCUT2D eigenvalue weighted by atomic mass is 32.1. The van der Waals surface area contributed by atoms with Crippen molar-refractivity contribution in [2.45, 2.75) is 18.8 Å². The molecule has 0 aliphatic heterocycles. The molecule has 1 atom stereocenters. The molecule has 3 aromatic rings. The summed E-state index contributed by atoms with van der Waals surface area (Å²) in [5, 5.41) is 14.7. The smallest absolute Gasteiger partial charge is 0.416 e. The number of nitrogens with one attached hydrogen (secondary N) is 2. The molecule has 0 saturated heterocycles. The van der Waals surface area contributed by atoms with Gasteiger partial charge in [0.25, 0.3) is 0 Å². The Morgan fingerprint density at radius 1 is 1.10 bits per heavy atom. The molecule has 2 amide bonds. The second kappa shape index (κ2) is 8.50. The second-order valence-corrected chi connectivity index (χ2v) is 7.14. The molecular weight excluding hydrogens is 409 g/mol. The van der Waals surface area contributed by atoms with E-state index in [1.165, 1.54) is 23.7 Å². The van der Waals surface area contributed by atoms with Crippen LogP contribution < -0.4 is 10.6 Å². The molecule has 0 fully saturated rings. The van der Waals surface area contributed by atoms with Crippen molar-refractivity contribution in [2.24, 2.45) is 0 Å². The average Bonchev–Trinajstić information content (AvgIpc) is 3.37. The van der Waals surface area contributed by atoms with Crippen molar-refractivity contribution < 1.29 is 32.3 Å². The summed E-state index contributed by atoms with van der Waals surface area (Å²) in [5.74, 6) is -1.71. The van der Waals surface area contributed by atoms with Gasteiger partial charge in [-0.1, -0.05) is 6.07 Å². The van der Waals surface area contributed by atoms with Crippen LogP contribution in [0.4, 0.5) is 18.9 Å². The fourth-order valence-electron chi connectivity index (χ4n) is 2.43. The van der Waals surface area contributed by atoms with Gasteiger partial charge in [-0.25, -0.2) is 0 Å². The number of carbonyl (C=O) groups is 2. The van der Waals surface area contributed by atoms with Crippen molar-refractivity contribution in [3.05, 3.63) is 75.9 Å². The Morgan fingerprint density at radius 3 is 2.59 bits per heavy atom. The van der Waals surface area contributed by atoms with Crippen molar-refractivity contribution >= 4 is 28.8 Å². The molecule has 6 nitrogen and oxygen atoms in total. The number of rotatable bonds is 5. The number of aliphatic hydroxyl groups is 1. The van der Waals surface area contributed by atoms with Gasteiger partial charge in [0.05, 0.1) is 18.4 Å². The van der Waals surface area contributed by atoms with E-state index in [1.807, 2.05) is 0 Å². The SMILES string of the molecule is O=C(NCc1ccc([C@H](O)c2ccco2)s1)C(=O)Nc1cccc(C(F)(F)F)c1. The number of anilines is 1. The van der Waals surface area contributed by atoms with Gasteiger partial charge in [-0.15, -0.1) is 11.3 Å². The molecule has 0 aliphatic rings. The lowest BCUT2D eigenvalue weighted by molar-refractivity contribution is -0.137. The first-order valence-electron chi connectivity index (χ1n) is 8.30. The number of amides is 2. The topological polar surface area (TPSA) is 91.6 Å². The molecule has 0 spiro atoms. The van der Waals surface area contributed by atoms with Gasteiger partial charge in [0.1, 0.15) is 11.9 Å². The fourth-order valence-corrected chi connectivity index (χ4v) is 3.38. The minimum absolute atomic E-state index is 0.0182. The Bertz CT molecular complexity index is 999. The van der Waals surface area contributed by atoms with Crippen molar-refractivity contribution in [3.63, 3.8) is 0 Å². The minimum Gasteiger partial charge on any atom is -0.466 e. The summed E-state index contributed by atoms with van der Waals surface area (Å²) in [5.41, 5.74) is -1.07. The third kappa shape index (κ3) is 5.24. The molecule has 1 aromatic carbocycles. The Hall–Kier alpha value is -3.11. The third-order valence-electron chi connectivity index (χ3n) is 3.84. The van der Waals surface area contributed by atoms with Crippen LogP contribution in [0.25, 0.3) is 0 Å². The van der Waals surface area contributed by atoms with Gasteiger partial charge in [-0.3, -0.25) is 9.59 Å². The predicted octanol–water partition coefficient (Wildman–Crippen LogP) is 3.70. The van der Waals surface area contributed by atoms with Crippen molar-refractivity contribution in [1.82, 2.24) is 5.32 Å². The van der Waals surface area contributed by atoms with E-state index < -0.39 is 29.7 Å². The molecule has 3 rings (SSSR count). The van der Waals surface area contributed by atoms with E-state index in [-0.39, 0.29) is 12.2 Å². The predicted molar refractivity (Wildman–Crippen MR) is 99.0 cm³/mol. The van der Waals surface area contributed by atoms with E-state index in [4.69, 9.17) is 4.42 Å². The molecule has 3 N–H and O–H groups in total. The van der Waals surface area contributed by atoms with E-state index in [9.17, 15) is 27.9 Å². The van der Waals surface area contributed by atoms with Crippen molar-refractivity contribution in [2.75, 3.05) is 5.32 Å². The maximum atomic E-state index is 12.7. The summed E-state index contributed by atoms with van der Waals surface area (Å²) in [6, 6.07) is 10.6. The van der Waals surface area contributed by atoms with Gasteiger partial charge in [0.2, 0.25) is 0 Å². The number of halogens is 3. The Balaban J connectivity index is 1.55. The van der Waals surface area contributed by atoms with E-state index in [2.05, 4.69) is 10.6 Å². The zero-order chi connectivity index (χ0) is 21.0. The number of hydrogen-bond acceptors (Lipinski definition) is 5. The standard InChI is InChI=1S/C19H15F3N2O4S/c20-19(21,22)11-3-1-4-12(9-11)24-18(27)17(26)23-10-13-6-7-15(29-13)16(25)14-5-2-8-28-14/h1-9,16,25H,10H2,(H,23,26)(H,24,27)/t16-/m1/s1. The molecule has 2 aromatic heterocycles. The van der Waals surface area contributed by atoms with Crippen LogP contribution >= 0.6 is 11.3 Å². The maximum Gasteiger partial charge on any atom is 0.416 e. The molecule has 152 valence electrons. The average molecular weight is 424 g/mol. The van der Waals surface area contributed by atoms with Crippen LogP contribution in [0.1, 0.15) is 27.2 Å². The lowest BCUT2D eigenvalue weighted by Crippen LogP contribution is -2.34. The van der Waals surface area contributed by atoms with Gasteiger partial charge < -0.3 is 20.2 Å². The van der Waals surface area contributed by atoms with Crippen LogP contribution in [0.5, 0.6) is 0 Å². The summed E-state index contributed by atoms with van der Waals surface area (Å²) >= 11 is 1.22. The van der Waals surface area contributed by atoms with Gasteiger partial charge in [0.15, 0.2) is 0 Å². The van der Waals surface area contributed by atoms with Gasteiger partial charge in [-0.2, -0.15) is 13.2 Å². The monoisotopic (exact) mass is 424 g/mol. The van der Waals surface area contributed by atoms with Crippen molar-refractivity contribution in [1.29, 1.82) is 0 Å². The minimum atomic E-state index is -4.56. The van der Waals surface area contributed by atoms with Crippen LogP contribution in [0, 0.1) is 0 Å². The van der Waals surface area contributed by atoms with Gasteiger partial charge in [-0.05, 0) is 42.5 Å². The zero-order valence-electron chi connectivity index (χ0n) is 14.7. The summed E-state index contributed by atoms with van der Waals surface area (Å²) < 4.78 is 43.3. The zero-order valence-corrected chi connectivity index (χ0v) is 15.5. The lowest BCUT2D eigenvalue weighted by atomic mass is 10.2. The Morgan fingerprint density at radius 2 is 1.90 bits per heavy atom. The molecule has 0 unspecified atom stereocenters. The number of thiophene rings is 1. The number of carbonyl (C=O) groups excluding carboxylic acids is 2. The van der Waals surface area contributed by atoms with Crippen molar-refractivity contribution in [3.8, 4) is 0 Å². The van der Waals surface area contributed by atoms with Crippen LogP contribution in [0.2, 0.25) is 0 Å². The lowest BCUT2D eigenvalue weighted by Gasteiger charge is -2.10. The van der Waals surface area contributed by atoms with Crippen LogP contribution in [0.3, 0.4) is 0 Å². The summed E-state index contributed by atoms with van der Waals surface area (Å²) in [7, 11) is 0. The number of benzene rings is 1. The maximum absolute atomic E-state index is 12.7. The summed E-state index contributed by atoms with van der Waals surface area (Å²) in [4.78, 5) is 25.1. The number of furan rings is 1. The quantitative estimate of drug-likeness (QED) is 0.545. The first-order chi connectivity index (χ1) is 13.7. The van der Waals surface area contributed by atoms with Crippen LogP contribution in [0.15, 0.2) is 59.2 Å².